The van der Waals surface area contributed by atoms with Crippen LogP contribution in [0.5, 0.6) is 5.75 Å². The van der Waals surface area contributed by atoms with E-state index < -0.39 is 0 Å². The summed E-state index contributed by atoms with van der Waals surface area (Å²) in [4.78, 5) is 16.6. The average molecular weight is 396 g/mol. The number of rotatable bonds is 8. The molecule has 3 aromatic rings. The van der Waals surface area contributed by atoms with E-state index in [0.29, 0.717) is 29.6 Å². The molecule has 0 fully saturated rings. The van der Waals surface area contributed by atoms with Crippen molar-refractivity contribution in [3.8, 4) is 5.75 Å². The maximum atomic E-state index is 12.3. The van der Waals surface area contributed by atoms with Gasteiger partial charge in [-0.3, -0.25) is 4.79 Å². The fourth-order valence-corrected chi connectivity index (χ4v) is 2.75. The second kappa shape index (κ2) is 9.76. The fourth-order valence-electron chi connectivity index (χ4n) is 2.62. The quantitative estimate of drug-likeness (QED) is 0.572. The summed E-state index contributed by atoms with van der Waals surface area (Å²) in [5.74, 6) is 1.35. The molecule has 2 N–H and O–H groups in total. The molecule has 0 saturated carbocycles. The topological polar surface area (TPSA) is 63.2 Å². The summed E-state index contributed by atoms with van der Waals surface area (Å²) in [5, 5.41) is 6.81. The standard InChI is InChI=1S/C22H22ClN3O2/c1-2-28-20-10-8-19(9-11-20)26-21-12-5-17(15-25-21)22(27)24-14-13-16-3-6-18(23)7-4-16/h3-12,15H,2,13-14H2,1H3,(H,24,27)(H,25,26). The number of carbonyl (C=O) groups is 1. The van der Waals surface area contributed by atoms with Gasteiger partial charge < -0.3 is 15.4 Å². The highest BCUT2D eigenvalue weighted by atomic mass is 35.5. The van der Waals surface area contributed by atoms with Gasteiger partial charge in [0.1, 0.15) is 11.6 Å². The van der Waals surface area contributed by atoms with Crippen molar-refractivity contribution in [2.45, 2.75) is 13.3 Å². The molecular weight excluding hydrogens is 374 g/mol. The fraction of sp³-hybridized carbons (Fsp3) is 0.182. The maximum absolute atomic E-state index is 12.3. The zero-order valence-electron chi connectivity index (χ0n) is 15.6. The third-order valence-electron chi connectivity index (χ3n) is 4.08. The normalized spacial score (nSPS) is 10.4. The number of nitrogens with one attached hydrogen (secondary N) is 2. The van der Waals surface area contributed by atoms with Crippen molar-refractivity contribution < 1.29 is 9.53 Å². The van der Waals surface area contributed by atoms with E-state index in [4.69, 9.17) is 16.3 Å². The smallest absolute Gasteiger partial charge is 0.252 e. The van der Waals surface area contributed by atoms with Gasteiger partial charge in [-0.15, -0.1) is 0 Å². The van der Waals surface area contributed by atoms with E-state index in [1.54, 1.807) is 18.3 Å². The van der Waals surface area contributed by atoms with Crippen LogP contribution < -0.4 is 15.4 Å². The molecule has 28 heavy (non-hydrogen) atoms. The summed E-state index contributed by atoms with van der Waals surface area (Å²) < 4.78 is 5.43. The summed E-state index contributed by atoms with van der Waals surface area (Å²) in [6, 6.07) is 18.8. The molecule has 6 heteroatoms. The number of amides is 1. The van der Waals surface area contributed by atoms with Gasteiger partial charge in [-0.05, 0) is 67.4 Å². The number of hydrogen-bond acceptors (Lipinski definition) is 4. The highest BCUT2D eigenvalue weighted by Gasteiger charge is 2.06. The van der Waals surface area contributed by atoms with Crippen LogP contribution >= 0.6 is 11.6 Å². The Morgan fingerprint density at radius 2 is 1.79 bits per heavy atom. The molecule has 0 atom stereocenters. The molecule has 2 aromatic carbocycles. The van der Waals surface area contributed by atoms with Gasteiger partial charge >= 0.3 is 0 Å². The van der Waals surface area contributed by atoms with E-state index in [2.05, 4.69) is 15.6 Å². The van der Waals surface area contributed by atoms with E-state index in [9.17, 15) is 4.79 Å². The van der Waals surface area contributed by atoms with Crippen molar-refractivity contribution >= 4 is 29.0 Å². The molecular formula is C22H22ClN3O2. The lowest BCUT2D eigenvalue weighted by Crippen LogP contribution is -2.25. The van der Waals surface area contributed by atoms with Crippen LogP contribution in [0.4, 0.5) is 11.5 Å². The van der Waals surface area contributed by atoms with Crippen LogP contribution in [0.2, 0.25) is 5.02 Å². The largest absolute Gasteiger partial charge is 0.494 e. The van der Waals surface area contributed by atoms with Crippen molar-refractivity contribution in [1.82, 2.24) is 10.3 Å². The third-order valence-corrected chi connectivity index (χ3v) is 4.33. The number of carbonyl (C=O) groups excluding carboxylic acids is 1. The van der Waals surface area contributed by atoms with Crippen molar-refractivity contribution in [2.75, 3.05) is 18.5 Å². The Bertz CT molecular complexity index is 895. The average Bonchev–Trinajstić information content (AvgIpc) is 2.72. The first-order valence-electron chi connectivity index (χ1n) is 9.12. The Labute approximate surface area is 169 Å². The molecule has 0 aliphatic heterocycles. The van der Waals surface area contributed by atoms with Crippen molar-refractivity contribution in [3.05, 3.63) is 83.0 Å². The van der Waals surface area contributed by atoms with E-state index >= 15 is 0 Å². The van der Waals surface area contributed by atoms with Crippen LogP contribution in [0.15, 0.2) is 66.9 Å². The molecule has 0 spiro atoms. The Balaban J connectivity index is 1.50. The van der Waals surface area contributed by atoms with Crippen molar-refractivity contribution in [1.29, 1.82) is 0 Å². The summed E-state index contributed by atoms with van der Waals surface area (Å²) in [5.41, 5.74) is 2.54. The molecule has 3 rings (SSSR count). The second-order valence-corrected chi connectivity index (χ2v) is 6.58. The van der Waals surface area contributed by atoms with Gasteiger partial charge in [-0.2, -0.15) is 0 Å². The highest BCUT2D eigenvalue weighted by molar-refractivity contribution is 6.30. The van der Waals surface area contributed by atoms with Gasteiger partial charge in [0.25, 0.3) is 5.91 Å². The monoisotopic (exact) mass is 395 g/mol. The number of ether oxygens (including phenoxy) is 1. The van der Waals surface area contributed by atoms with Gasteiger partial charge in [-0.1, -0.05) is 23.7 Å². The number of aromatic nitrogens is 1. The minimum atomic E-state index is -0.144. The molecule has 0 aliphatic rings. The highest BCUT2D eigenvalue weighted by Crippen LogP contribution is 2.19. The molecule has 5 nitrogen and oxygen atoms in total. The van der Waals surface area contributed by atoms with Crippen LogP contribution in [0.25, 0.3) is 0 Å². The molecule has 1 aromatic heterocycles. The molecule has 0 aliphatic carbocycles. The van der Waals surface area contributed by atoms with Gasteiger partial charge in [0, 0.05) is 23.5 Å². The first-order chi connectivity index (χ1) is 13.6. The number of halogens is 1. The molecule has 0 saturated heterocycles. The number of nitrogens with zero attached hydrogens (tertiary/aromatic N) is 1. The van der Waals surface area contributed by atoms with E-state index in [1.807, 2.05) is 55.5 Å². The Morgan fingerprint density at radius 1 is 1.04 bits per heavy atom. The first-order valence-corrected chi connectivity index (χ1v) is 9.50. The van der Waals surface area contributed by atoms with E-state index in [0.717, 1.165) is 23.4 Å². The van der Waals surface area contributed by atoms with Crippen LogP contribution in [0, 0.1) is 0 Å². The summed E-state index contributed by atoms with van der Waals surface area (Å²) >= 11 is 5.87. The molecule has 0 radical (unpaired) electrons. The minimum Gasteiger partial charge on any atom is -0.494 e. The molecule has 1 amide bonds. The third kappa shape index (κ3) is 5.72. The zero-order chi connectivity index (χ0) is 19.8. The molecule has 0 bridgehead atoms. The van der Waals surface area contributed by atoms with Gasteiger partial charge in [0.2, 0.25) is 0 Å². The number of pyridine rings is 1. The van der Waals surface area contributed by atoms with Crippen LogP contribution in [-0.2, 0) is 6.42 Å². The Kier molecular flexibility index (Phi) is 6.87. The molecule has 144 valence electrons. The summed E-state index contributed by atoms with van der Waals surface area (Å²) in [6.07, 6.45) is 2.31. The minimum absolute atomic E-state index is 0.144. The predicted octanol–water partition coefficient (Wildman–Crippen LogP) is 4.85. The molecule has 1 heterocycles. The zero-order valence-corrected chi connectivity index (χ0v) is 16.4. The lowest BCUT2D eigenvalue weighted by Gasteiger charge is -2.09. The second-order valence-electron chi connectivity index (χ2n) is 6.15. The summed E-state index contributed by atoms with van der Waals surface area (Å²) in [6.45, 7) is 3.13. The Morgan fingerprint density at radius 3 is 2.43 bits per heavy atom. The SMILES string of the molecule is CCOc1ccc(Nc2ccc(C(=O)NCCc3ccc(Cl)cc3)cn2)cc1. The predicted molar refractivity (Wildman–Crippen MR) is 113 cm³/mol. The van der Waals surface area contributed by atoms with Crippen LogP contribution in [0.3, 0.4) is 0 Å². The van der Waals surface area contributed by atoms with Gasteiger partial charge in [0.15, 0.2) is 0 Å². The Hall–Kier alpha value is -3.05. The number of anilines is 2. The van der Waals surface area contributed by atoms with Crippen molar-refractivity contribution in [3.63, 3.8) is 0 Å². The lowest BCUT2D eigenvalue weighted by molar-refractivity contribution is 0.0954. The van der Waals surface area contributed by atoms with E-state index in [-0.39, 0.29) is 5.91 Å². The molecule has 0 unspecified atom stereocenters. The number of hydrogen-bond donors (Lipinski definition) is 2. The van der Waals surface area contributed by atoms with Crippen molar-refractivity contribution in [2.24, 2.45) is 0 Å². The first kappa shape index (κ1) is 19.7. The van der Waals surface area contributed by atoms with Crippen LogP contribution in [0.1, 0.15) is 22.8 Å². The number of benzene rings is 2. The van der Waals surface area contributed by atoms with Gasteiger partial charge in [-0.25, -0.2) is 4.98 Å². The summed E-state index contributed by atoms with van der Waals surface area (Å²) in [7, 11) is 0. The van der Waals surface area contributed by atoms with Gasteiger partial charge in [0.05, 0.1) is 12.2 Å². The van der Waals surface area contributed by atoms with E-state index in [1.165, 1.54) is 0 Å². The maximum Gasteiger partial charge on any atom is 0.252 e. The lowest BCUT2D eigenvalue weighted by atomic mass is 10.1. The van der Waals surface area contributed by atoms with Crippen LogP contribution in [-0.4, -0.2) is 24.0 Å².